The van der Waals surface area contributed by atoms with Crippen LogP contribution in [0, 0.1) is 13.8 Å². The van der Waals surface area contributed by atoms with E-state index in [9.17, 15) is 4.79 Å². The second-order valence-corrected chi connectivity index (χ2v) is 7.86. The Hall–Kier alpha value is -2.94. The van der Waals surface area contributed by atoms with Crippen molar-refractivity contribution in [3.8, 4) is 28.7 Å². The number of hydrogen-bond acceptors (Lipinski definition) is 8. The average Bonchev–Trinajstić information content (AvgIpc) is 3.36. The van der Waals surface area contributed by atoms with Crippen molar-refractivity contribution in [1.82, 2.24) is 14.8 Å². The number of nitrogens with zero attached hydrogens (tertiary/aromatic N) is 3. The van der Waals surface area contributed by atoms with Gasteiger partial charge in [0.2, 0.25) is 11.6 Å². The standard InChI is InChI=1S/C22H27N3O5S/c1-7-8-25-13(2)9-16(14(25)3)17(26)12-31-22-24-23-21(30-22)15-10-18(27-4)20(29-6)19(11-15)28-5/h9-11H,7-8,12H2,1-6H3. The molecule has 0 aliphatic heterocycles. The first-order valence-electron chi connectivity index (χ1n) is 9.90. The summed E-state index contributed by atoms with van der Waals surface area (Å²) >= 11 is 1.22. The van der Waals surface area contributed by atoms with Gasteiger partial charge in [-0.2, -0.15) is 0 Å². The maximum absolute atomic E-state index is 12.8. The largest absolute Gasteiger partial charge is 0.493 e. The molecule has 0 saturated heterocycles. The van der Waals surface area contributed by atoms with Crippen LogP contribution in [0.2, 0.25) is 0 Å². The van der Waals surface area contributed by atoms with Gasteiger partial charge in [0.05, 0.1) is 27.1 Å². The lowest BCUT2D eigenvalue weighted by atomic mass is 10.2. The van der Waals surface area contributed by atoms with Crippen molar-refractivity contribution in [1.29, 1.82) is 0 Å². The number of aryl methyl sites for hydroxylation is 1. The summed E-state index contributed by atoms with van der Waals surface area (Å²) in [5.74, 6) is 2.01. The number of ether oxygens (including phenoxy) is 3. The second kappa shape index (κ2) is 9.91. The van der Waals surface area contributed by atoms with Crippen molar-refractivity contribution in [3.63, 3.8) is 0 Å². The summed E-state index contributed by atoms with van der Waals surface area (Å²) in [6.07, 6.45) is 1.02. The summed E-state index contributed by atoms with van der Waals surface area (Å²) in [5.41, 5.74) is 3.45. The van der Waals surface area contributed by atoms with Crippen LogP contribution < -0.4 is 14.2 Å². The molecule has 0 atom stereocenters. The van der Waals surface area contributed by atoms with Crippen LogP contribution in [0.3, 0.4) is 0 Å². The van der Waals surface area contributed by atoms with E-state index in [1.807, 2.05) is 19.9 Å². The fourth-order valence-corrected chi connectivity index (χ4v) is 4.09. The molecule has 0 saturated carbocycles. The number of benzene rings is 1. The Morgan fingerprint density at radius 3 is 2.32 bits per heavy atom. The summed E-state index contributed by atoms with van der Waals surface area (Å²) in [6, 6.07) is 5.41. The number of carbonyl (C=O) groups excluding carboxylic acids is 1. The highest BCUT2D eigenvalue weighted by Crippen LogP contribution is 2.41. The molecule has 0 unspecified atom stereocenters. The number of methoxy groups -OCH3 is 3. The monoisotopic (exact) mass is 445 g/mol. The lowest BCUT2D eigenvalue weighted by molar-refractivity contribution is 0.102. The number of thioether (sulfide) groups is 1. The van der Waals surface area contributed by atoms with Gasteiger partial charge in [-0.15, -0.1) is 10.2 Å². The minimum absolute atomic E-state index is 0.0352. The molecule has 31 heavy (non-hydrogen) atoms. The van der Waals surface area contributed by atoms with Crippen LogP contribution in [-0.2, 0) is 6.54 Å². The Morgan fingerprint density at radius 1 is 1.06 bits per heavy atom. The predicted octanol–water partition coefficient (Wildman–Crippen LogP) is 4.57. The van der Waals surface area contributed by atoms with Gasteiger partial charge in [-0.05, 0) is 38.5 Å². The Kier molecular flexibility index (Phi) is 7.27. The van der Waals surface area contributed by atoms with Crippen molar-refractivity contribution < 1.29 is 23.4 Å². The molecule has 3 rings (SSSR count). The van der Waals surface area contributed by atoms with E-state index >= 15 is 0 Å². The minimum Gasteiger partial charge on any atom is -0.493 e. The van der Waals surface area contributed by atoms with E-state index in [4.69, 9.17) is 18.6 Å². The van der Waals surface area contributed by atoms with Crippen molar-refractivity contribution in [3.05, 3.63) is 35.2 Å². The zero-order valence-electron chi connectivity index (χ0n) is 18.6. The summed E-state index contributed by atoms with van der Waals surface area (Å²) in [7, 11) is 4.62. The van der Waals surface area contributed by atoms with Gasteiger partial charge >= 0.3 is 0 Å². The first-order valence-corrected chi connectivity index (χ1v) is 10.9. The van der Waals surface area contributed by atoms with Crippen LogP contribution in [0.5, 0.6) is 17.2 Å². The SMILES string of the molecule is CCCn1c(C)cc(C(=O)CSc2nnc(-c3cc(OC)c(OC)c(OC)c3)o2)c1C. The van der Waals surface area contributed by atoms with Crippen LogP contribution >= 0.6 is 11.8 Å². The van der Waals surface area contributed by atoms with Crippen molar-refractivity contribution in [2.75, 3.05) is 27.1 Å². The normalized spacial score (nSPS) is 10.9. The quantitative estimate of drug-likeness (QED) is 0.331. The maximum Gasteiger partial charge on any atom is 0.277 e. The Morgan fingerprint density at radius 2 is 1.74 bits per heavy atom. The molecule has 1 aromatic carbocycles. The number of aromatic nitrogens is 3. The smallest absolute Gasteiger partial charge is 0.277 e. The van der Waals surface area contributed by atoms with Gasteiger partial charge in [-0.3, -0.25) is 4.79 Å². The van der Waals surface area contributed by atoms with E-state index in [-0.39, 0.29) is 11.5 Å². The topological polar surface area (TPSA) is 88.6 Å². The number of rotatable bonds is 10. The highest BCUT2D eigenvalue weighted by molar-refractivity contribution is 7.99. The van der Waals surface area contributed by atoms with Gasteiger partial charge in [0, 0.05) is 29.1 Å². The lowest BCUT2D eigenvalue weighted by Gasteiger charge is -2.12. The molecule has 0 bridgehead atoms. The zero-order valence-corrected chi connectivity index (χ0v) is 19.5. The molecule has 0 aliphatic rings. The van der Waals surface area contributed by atoms with E-state index in [0.29, 0.717) is 33.9 Å². The summed E-state index contributed by atoms with van der Waals surface area (Å²) in [4.78, 5) is 12.8. The van der Waals surface area contributed by atoms with E-state index < -0.39 is 0 Å². The van der Waals surface area contributed by atoms with Crippen LogP contribution in [0.1, 0.15) is 35.1 Å². The molecule has 0 amide bonds. The molecule has 9 heteroatoms. The fourth-order valence-electron chi connectivity index (χ4n) is 3.45. The maximum atomic E-state index is 12.8. The molecular formula is C22H27N3O5S. The van der Waals surface area contributed by atoms with Gasteiger partial charge in [0.1, 0.15) is 0 Å². The molecule has 3 aromatic rings. The van der Waals surface area contributed by atoms with E-state index in [0.717, 1.165) is 29.9 Å². The third-order valence-corrected chi connectivity index (χ3v) is 5.78. The van der Waals surface area contributed by atoms with Crippen LogP contribution in [0.15, 0.2) is 27.8 Å². The first kappa shape index (κ1) is 22.7. The third kappa shape index (κ3) is 4.71. The van der Waals surface area contributed by atoms with E-state index in [1.54, 1.807) is 26.4 Å². The van der Waals surface area contributed by atoms with Gasteiger partial charge in [-0.25, -0.2) is 0 Å². The molecule has 0 N–H and O–H groups in total. The van der Waals surface area contributed by atoms with Crippen LogP contribution in [0.25, 0.3) is 11.5 Å². The minimum atomic E-state index is 0.0352. The molecule has 8 nitrogen and oxygen atoms in total. The molecular weight excluding hydrogens is 418 g/mol. The zero-order chi connectivity index (χ0) is 22.5. The van der Waals surface area contributed by atoms with Crippen molar-refractivity contribution in [2.45, 2.75) is 39.0 Å². The molecule has 2 aromatic heterocycles. The van der Waals surface area contributed by atoms with E-state index in [2.05, 4.69) is 21.7 Å². The molecule has 2 heterocycles. The van der Waals surface area contributed by atoms with Gasteiger partial charge < -0.3 is 23.2 Å². The molecule has 166 valence electrons. The molecule has 0 aliphatic carbocycles. The predicted molar refractivity (Wildman–Crippen MR) is 119 cm³/mol. The number of Topliss-reactive ketones (excluding diaryl/α,β-unsaturated/α-hetero) is 1. The molecule has 0 spiro atoms. The first-order chi connectivity index (χ1) is 14.9. The Balaban J connectivity index is 1.75. The van der Waals surface area contributed by atoms with Gasteiger partial charge in [-0.1, -0.05) is 18.7 Å². The second-order valence-electron chi connectivity index (χ2n) is 6.94. The summed E-state index contributed by atoms with van der Waals surface area (Å²) in [5, 5.41) is 8.48. The fraction of sp³-hybridized carbons (Fsp3) is 0.409. The Bertz CT molecular complexity index is 1050. The third-order valence-electron chi connectivity index (χ3n) is 4.97. The van der Waals surface area contributed by atoms with Gasteiger partial charge in [0.15, 0.2) is 17.3 Å². The summed E-state index contributed by atoms with van der Waals surface area (Å²) in [6.45, 7) is 7.03. The van der Waals surface area contributed by atoms with Crippen LogP contribution in [-0.4, -0.2) is 47.6 Å². The number of hydrogen-bond donors (Lipinski definition) is 0. The number of ketones is 1. The molecule has 0 radical (unpaired) electrons. The van der Waals surface area contributed by atoms with Crippen LogP contribution in [0.4, 0.5) is 0 Å². The molecule has 0 fully saturated rings. The lowest BCUT2D eigenvalue weighted by Crippen LogP contribution is -2.06. The number of carbonyl (C=O) groups is 1. The Labute approximate surface area is 185 Å². The van der Waals surface area contributed by atoms with E-state index in [1.165, 1.54) is 18.9 Å². The van der Waals surface area contributed by atoms with Crippen molar-refractivity contribution >= 4 is 17.5 Å². The highest BCUT2D eigenvalue weighted by atomic mass is 32.2. The van der Waals surface area contributed by atoms with Gasteiger partial charge in [0.25, 0.3) is 5.22 Å². The van der Waals surface area contributed by atoms with Crippen molar-refractivity contribution in [2.24, 2.45) is 0 Å². The highest BCUT2D eigenvalue weighted by Gasteiger charge is 2.20. The average molecular weight is 446 g/mol. The summed E-state index contributed by atoms with van der Waals surface area (Å²) < 4.78 is 24.0.